The molecule has 0 bridgehead atoms. The van der Waals surface area contributed by atoms with Crippen molar-refractivity contribution >= 4 is 39.1 Å². The zero-order valence-corrected chi connectivity index (χ0v) is 26.2. The van der Waals surface area contributed by atoms with Crippen molar-refractivity contribution in [1.29, 1.82) is 0 Å². The maximum absolute atomic E-state index is 14.3. The highest BCUT2D eigenvalue weighted by Gasteiger charge is 2.34. The Hall–Kier alpha value is -3.76. The van der Waals surface area contributed by atoms with Crippen LogP contribution in [0.4, 0.5) is 5.69 Å². The molecule has 0 aliphatic heterocycles. The van der Waals surface area contributed by atoms with Gasteiger partial charge in [-0.2, -0.15) is 0 Å². The number of carbonyl (C=O) groups is 2. The van der Waals surface area contributed by atoms with E-state index < -0.39 is 28.5 Å². The van der Waals surface area contributed by atoms with Crippen molar-refractivity contribution in [3.8, 4) is 11.5 Å². The predicted molar refractivity (Wildman–Crippen MR) is 168 cm³/mol. The minimum atomic E-state index is -3.93. The van der Waals surface area contributed by atoms with Crippen LogP contribution in [-0.4, -0.2) is 64.2 Å². The fourth-order valence-corrected chi connectivity index (χ4v) is 6.40. The quantitative estimate of drug-likeness (QED) is 0.291. The van der Waals surface area contributed by atoms with Gasteiger partial charge < -0.3 is 19.7 Å². The molecule has 0 aromatic heterocycles. The van der Waals surface area contributed by atoms with E-state index in [1.165, 1.54) is 25.2 Å². The molecular weight excluding hydrogens is 590 g/mol. The molecule has 1 N–H and O–H groups in total. The van der Waals surface area contributed by atoms with Crippen molar-refractivity contribution in [1.82, 2.24) is 10.2 Å². The van der Waals surface area contributed by atoms with Gasteiger partial charge in [-0.3, -0.25) is 13.9 Å². The molecule has 4 rings (SSSR count). The van der Waals surface area contributed by atoms with Gasteiger partial charge in [0.05, 0.1) is 26.2 Å². The second kappa shape index (κ2) is 14.6. The summed E-state index contributed by atoms with van der Waals surface area (Å²) in [4.78, 5) is 29.6. The first-order valence-corrected chi connectivity index (χ1v) is 16.4. The molecule has 9 nitrogen and oxygen atoms in total. The lowest BCUT2D eigenvalue weighted by molar-refractivity contribution is -0.140. The molecule has 0 heterocycles. The number of nitrogens with zero attached hydrogens (tertiary/aromatic N) is 2. The van der Waals surface area contributed by atoms with E-state index in [4.69, 9.17) is 21.1 Å². The number of halogens is 1. The summed E-state index contributed by atoms with van der Waals surface area (Å²) in [6.07, 6.45) is 5.12. The lowest BCUT2D eigenvalue weighted by Crippen LogP contribution is -2.54. The number of sulfonamides is 1. The normalized spacial score (nSPS) is 14.1. The second-order valence-electron chi connectivity index (χ2n) is 10.7. The third kappa shape index (κ3) is 8.64. The van der Waals surface area contributed by atoms with Gasteiger partial charge in [-0.25, -0.2) is 8.42 Å². The molecule has 1 aliphatic rings. The van der Waals surface area contributed by atoms with Crippen LogP contribution >= 0.6 is 11.6 Å². The Labute approximate surface area is 258 Å². The number of nitrogens with one attached hydrogen (secondary N) is 1. The monoisotopic (exact) mass is 627 g/mol. The van der Waals surface area contributed by atoms with E-state index in [1.807, 2.05) is 36.4 Å². The molecule has 3 aromatic rings. The number of hydrogen-bond donors (Lipinski definition) is 1. The average molecular weight is 628 g/mol. The smallest absolute Gasteiger partial charge is 0.244 e. The van der Waals surface area contributed by atoms with Gasteiger partial charge in [-0.1, -0.05) is 66.9 Å². The van der Waals surface area contributed by atoms with Crippen LogP contribution < -0.4 is 19.1 Å². The van der Waals surface area contributed by atoms with Crippen LogP contribution in [0.3, 0.4) is 0 Å². The minimum absolute atomic E-state index is 0.0353. The van der Waals surface area contributed by atoms with Crippen LogP contribution in [0.2, 0.25) is 5.02 Å². The molecule has 11 heteroatoms. The number of hydrogen-bond acceptors (Lipinski definition) is 6. The van der Waals surface area contributed by atoms with Crippen LogP contribution in [0.25, 0.3) is 0 Å². The molecule has 1 aliphatic carbocycles. The van der Waals surface area contributed by atoms with Gasteiger partial charge >= 0.3 is 0 Å². The van der Waals surface area contributed by atoms with Crippen LogP contribution in [0.1, 0.15) is 36.8 Å². The molecule has 0 radical (unpaired) electrons. The summed E-state index contributed by atoms with van der Waals surface area (Å²) in [7, 11) is -1.00. The Morgan fingerprint density at radius 2 is 1.60 bits per heavy atom. The summed E-state index contributed by atoms with van der Waals surface area (Å²) < 4.78 is 37.8. The van der Waals surface area contributed by atoms with Gasteiger partial charge in [0.2, 0.25) is 21.8 Å². The van der Waals surface area contributed by atoms with E-state index in [2.05, 4.69) is 5.32 Å². The predicted octanol–water partition coefficient (Wildman–Crippen LogP) is 4.82. The summed E-state index contributed by atoms with van der Waals surface area (Å²) >= 11 is 6.28. The van der Waals surface area contributed by atoms with Gasteiger partial charge in [-0.05, 0) is 48.2 Å². The zero-order chi connectivity index (χ0) is 31.0. The largest absolute Gasteiger partial charge is 0.493 e. The molecular formula is C32H38ClN3O6S. The Balaban J connectivity index is 1.74. The summed E-state index contributed by atoms with van der Waals surface area (Å²) in [5.74, 6) is -0.0826. The molecule has 3 aromatic carbocycles. The number of rotatable bonds is 13. The number of amides is 2. The van der Waals surface area contributed by atoms with E-state index in [-0.39, 0.29) is 30.6 Å². The van der Waals surface area contributed by atoms with Crippen molar-refractivity contribution in [3.63, 3.8) is 0 Å². The van der Waals surface area contributed by atoms with Crippen LogP contribution in [-0.2, 0) is 32.6 Å². The number of methoxy groups -OCH3 is 2. The maximum atomic E-state index is 14.3. The van der Waals surface area contributed by atoms with Crippen LogP contribution in [0, 0.1) is 0 Å². The SMILES string of the molecule is COc1ccc(N(CC(=O)N(Cc2cccc(Cl)c2)[C@H](Cc2ccccc2)C(=O)NC2CCCC2)S(C)(=O)=O)cc1OC. The van der Waals surface area contributed by atoms with Crippen LogP contribution in [0.5, 0.6) is 11.5 Å². The van der Waals surface area contributed by atoms with Crippen molar-refractivity contribution in [2.45, 2.75) is 50.7 Å². The summed E-state index contributed by atoms with van der Waals surface area (Å²) in [5, 5.41) is 3.64. The maximum Gasteiger partial charge on any atom is 0.244 e. The Morgan fingerprint density at radius 3 is 2.23 bits per heavy atom. The molecule has 0 unspecified atom stereocenters. The molecule has 230 valence electrons. The van der Waals surface area contributed by atoms with Gasteiger partial charge in [0, 0.05) is 30.1 Å². The van der Waals surface area contributed by atoms with E-state index >= 15 is 0 Å². The van der Waals surface area contributed by atoms with Gasteiger partial charge in [0.15, 0.2) is 11.5 Å². The number of benzene rings is 3. The fraction of sp³-hybridized carbons (Fsp3) is 0.375. The molecule has 0 saturated heterocycles. The number of carbonyl (C=O) groups excluding carboxylic acids is 2. The fourth-order valence-electron chi connectivity index (χ4n) is 5.35. The highest BCUT2D eigenvalue weighted by molar-refractivity contribution is 7.92. The van der Waals surface area contributed by atoms with E-state index in [0.717, 1.165) is 41.8 Å². The first kappa shape index (κ1) is 32.2. The van der Waals surface area contributed by atoms with Gasteiger partial charge in [0.1, 0.15) is 12.6 Å². The first-order chi connectivity index (χ1) is 20.6. The van der Waals surface area contributed by atoms with Crippen molar-refractivity contribution in [2.75, 3.05) is 31.3 Å². The number of anilines is 1. The molecule has 1 atom stereocenters. The summed E-state index contributed by atoms with van der Waals surface area (Å²) in [5.41, 5.74) is 1.81. The Bertz CT molecular complexity index is 1510. The lowest BCUT2D eigenvalue weighted by atomic mass is 10.0. The molecule has 0 spiro atoms. The Morgan fingerprint density at radius 1 is 0.930 bits per heavy atom. The molecule has 2 amide bonds. The molecule has 1 saturated carbocycles. The van der Waals surface area contributed by atoms with Gasteiger partial charge in [0.25, 0.3) is 0 Å². The Kier molecular flexibility index (Phi) is 10.9. The van der Waals surface area contributed by atoms with E-state index in [0.29, 0.717) is 22.1 Å². The van der Waals surface area contributed by atoms with Crippen molar-refractivity contribution in [2.24, 2.45) is 0 Å². The third-order valence-corrected chi connectivity index (χ3v) is 8.92. The highest BCUT2D eigenvalue weighted by atomic mass is 35.5. The standard InChI is InChI=1S/C32H38ClN3O6S/c1-41-29-17-16-27(20-30(29)42-2)36(43(3,39)40)22-31(37)35(21-24-12-9-13-25(33)18-24)28(19-23-10-5-4-6-11-23)32(38)34-26-14-7-8-15-26/h4-6,9-13,16-18,20,26,28H,7-8,14-15,19,21-22H2,1-3H3,(H,34,38)/t28-/m1/s1. The molecule has 43 heavy (non-hydrogen) atoms. The van der Waals surface area contributed by atoms with Crippen molar-refractivity contribution in [3.05, 3.63) is 88.9 Å². The van der Waals surface area contributed by atoms with E-state index in [9.17, 15) is 18.0 Å². The zero-order valence-electron chi connectivity index (χ0n) is 24.7. The summed E-state index contributed by atoms with van der Waals surface area (Å²) in [6, 6.07) is 20.3. The molecule has 1 fully saturated rings. The second-order valence-corrected chi connectivity index (χ2v) is 13.0. The highest BCUT2D eigenvalue weighted by Crippen LogP contribution is 2.32. The third-order valence-electron chi connectivity index (χ3n) is 7.55. The lowest BCUT2D eigenvalue weighted by Gasteiger charge is -2.34. The average Bonchev–Trinajstić information content (AvgIpc) is 3.50. The van der Waals surface area contributed by atoms with Crippen LogP contribution in [0.15, 0.2) is 72.8 Å². The topological polar surface area (TPSA) is 105 Å². The van der Waals surface area contributed by atoms with Gasteiger partial charge in [-0.15, -0.1) is 0 Å². The summed E-state index contributed by atoms with van der Waals surface area (Å²) in [6.45, 7) is -0.477. The minimum Gasteiger partial charge on any atom is -0.493 e. The van der Waals surface area contributed by atoms with E-state index in [1.54, 1.807) is 30.3 Å². The first-order valence-electron chi connectivity index (χ1n) is 14.2. The number of ether oxygens (including phenoxy) is 2. The van der Waals surface area contributed by atoms with Crippen molar-refractivity contribution < 1.29 is 27.5 Å².